The highest BCUT2D eigenvalue weighted by molar-refractivity contribution is 7.80. The second kappa shape index (κ2) is 6.49. The molecule has 0 saturated carbocycles. The van der Waals surface area contributed by atoms with Gasteiger partial charge in [-0.1, -0.05) is 26.1 Å². The minimum atomic E-state index is -0.0220. The molecule has 0 atom stereocenters. The fourth-order valence-electron chi connectivity index (χ4n) is 1.70. The molecule has 5 nitrogen and oxygen atoms in total. The Morgan fingerprint density at radius 1 is 1.61 bits per heavy atom. The van der Waals surface area contributed by atoms with E-state index in [9.17, 15) is 4.79 Å². The van der Waals surface area contributed by atoms with Gasteiger partial charge in [0.25, 0.3) is 5.91 Å². The Balaban J connectivity index is 2.78. The zero-order chi connectivity index (χ0) is 13.7. The number of aromatic nitrogens is 2. The molecule has 1 amide bonds. The summed E-state index contributed by atoms with van der Waals surface area (Å²) < 4.78 is 0. The average molecular weight is 268 g/mol. The first kappa shape index (κ1) is 14.6. The zero-order valence-electron chi connectivity index (χ0n) is 11.1. The van der Waals surface area contributed by atoms with E-state index in [2.05, 4.69) is 24.0 Å². The Hall–Kier alpha value is -1.43. The highest BCUT2D eigenvalue weighted by atomic mass is 32.1. The molecule has 3 N–H and O–H groups in total. The first-order valence-electron chi connectivity index (χ1n) is 5.99. The van der Waals surface area contributed by atoms with Gasteiger partial charge in [-0.25, -0.2) is 0 Å². The standard InChI is InChI=1S/C12H20N4OS/c1-8(2)7-16(5-4-11(13)18)12(17)10-6-14-15-9(10)3/h6,8H,4-5,7H2,1-3H3,(H2,13,18)(H,14,15). The molecule has 0 aliphatic heterocycles. The van der Waals surface area contributed by atoms with Gasteiger partial charge in [0.05, 0.1) is 16.7 Å². The molecule has 18 heavy (non-hydrogen) atoms. The topological polar surface area (TPSA) is 75.0 Å². The van der Waals surface area contributed by atoms with Crippen molar-refractivity contribution >= 4 is 23.1 Å². The number of amides is 1. The molecule has 0 fully saturated rings. The first-order valence-corrected chi connectivity index (χ1v) is 6.40. The van der Waals surface area contributed by atoms with Crippen molar-refractivity contribution in [1.29, 1.82) is 0 Å². The highest BCUT2D eigenvalue weighted by Gasteiger charge is 2.19. The van der Waals surface area contributed by atoms with Gasteiger partial charge in [-0.05, 0) is 12.8 Å². The van der Waals surface area contributed by atoms with Crippen molar-refractivity contribution in [1.82, 2.24) is 15.1 Å². The molecule has 0 saturated heterocycles. The van der Waals surface area contributed by atoms with Gasteiger partial charge in [-0.2, -0.15) is 5.10 Å². The summed E-state index contributed by atoms with van der Waals surface area (Å²) in [5.74, 6) is 0.374. The van der Waals surface area contributed by atoms with Crippen LogP contribution in [0.25, 0.3) is 0 Å². The first-order chi connectivity index (χ1) is 8.41. The fourth-order valence-corrected chi connectivity index (χ4v) is 1.79. The number of nitrogens with one attached hydrogen (secondary N) is 1. The van der Waals surface area contributed by atoms with Gasteiger partial charge in [-0.15, -0.1) is 0 Å². The molecule has 0 unspecified atom stereocenters. The Kier molecular flexibility index (Phi) is 5.27. The zero-order valence-corrected chi connectivity index (χ0v) is 11.9. The van der Waals surface area contributed by atoms with Crippen LogP contribution in [0.3, 0.4) is 0 Å². The third-order valence-corrected chi connectivity index (χ3v) is 2.77. The van der Waals surface area contributed by atoms with E-state index in [4.69, 9.17) is 18.0 Å². The maximum atomic E-state index is 12.4. The molecule has 0 aromatic carbocycles. The number of aromatic amines is 1. The summed E-state index contributed by atoms with van der Waals surface area (Å²) in [5, 5.41) is 6.65. The maximum Gasteiger partial charge on any atom is 0.257 e. The quantitative estimate of drug-likeness (QED) is 0.767. The van der Waals surface area contributed by atoms with Crippen LogP contribution in [0, 0.1) is 12.8 Å². The van der Waals surface area contributed by atoms with Crippen molar-refractivity contribution < 1.29 is 4.79 Å². The third kappa shape index (κ3) is 4.10. The van der Waals surface area contributed by atoms with Crippen LogP contribution >= 0.6 is 12.2 Å². The number of rotatable bonds is 6. The molecule has 0 spiro atoms. The van der Waals surface area contributed by atoms with E-state index in [0.717, 1.165) is 5.69 Å². The molecule has 1 aromatic heterocycles. The Labute approximate surface area is 113 Å². The number of carbonyl (C=O) groups excluding carboxylic acids is 1. The number of carbonyl (C=O) groups is 1. The van der Waals surface area contributed by atoms with Crippen LogP contribution in [0.1, 0.15) is 36.3 Å². The van der Waals surface area contributed by atoms with Crippen LogP contribution in [0.2, 0.25) is 0 Å². The van der Waals surface area contributed by atoms with E-state index in [1.54, 1.807) is 11.1 Å². The van der Waals surface area contributed by atoms with Crippen molar-refractivity contribution in [2.75, 3.05) is 13.1 Å². The molecule has 0 aliphatic rings. The third-order valence-electron chi connectivity index (χ3n) is 2.56. The molecule has 1 heterocycles. The molecular weight excluding hydrogens is 248 g/mol. The van der Waals surface area contributed by atoms with E-state index in [0.29, 0.717) is 36.0 Å². The lowest BCUT2D eigenvalue weighted by Gasteiger charge is -2.24. The summed E-state index contributed by atoms with van der Waals surface area (Å²) in [6.07, 6.45) is 2.11. The largest absolute Gasteiger partial charge is 0.393 e. The van der Waals surface area contributed by atoms with Crippen molar-refractivity contribution in [3.63, 3.8) is 0 Å². The average Bonchev–Trinajstić information content (AvgIpc) is 2.69. The van der Waals surface area contributed by atoms with Crippen LogP contribution in [0.15, 0.2) is 6.20 Å². The van der Waals surface area contributed by atoms with Crippen LogP contribution in [-0.4, -0.2) is 39.1 Å². The van der Waals surface area contributed by atoms with E-state index >= 15 is 0 Å². The predicted octanol–water partition coefficient (Wildman–Crippen LogP) is 1.49. The molecule has 0 radical (unpaired) electrons. The summed E-state index contributed by atoms with van der Waals surface area (Å²) in [7, 11) is 0. The number of nitrogens with zero attached hydrogens (tertiary/aromatic N) is 2. The molecule has 1 aromatic rings. The van der Waals surface area contributed by atoms with Crippen molar-refractivity contribution in [3.8, 4) is 0 Å². The minimum absolute atomic E-state index is 0.0220. The van der Waals surface area contributed by atoms with Gasteiger partial charge in [-0.3, -0.25) is 9.89 Å². The molecule has 100 valence electrons. The van der Waals surface area contributed by atoms with Gasteiger partial charge in [0.1, 0.15) is 0 Å². The highest BCUT2D eigenvalue weighted by Crippen LogP contribution is 2.10. The summed E-state index contributed by atoms with van der Waals surface area (Å²) in [4.78, 5) is 14.6. The smallest absolute Gasteiger partial charge is 0.257 e. The lowest BCUT2D eigenvalue weighted by atomic mass is 10.1. The SMILES string of the molecule is Cc1[nH]ncc1C(=O)N(CCC(N)=S)CC(C)C. The van der Waals surface area contributed by atoms with Crippen molar-refractivity contribution in [2.45, 2.75) is 27.2 Å². The van der Waals surface area contributed by atoms with E-state index in [1.807, 2.05) is 6.92 Å². The van der Waals surface area contributed by atoms with Crippen LogP contribution in [-0.2, 0) is 0 Å². The molecule has 6 heteroatoms. The van der Waals surface area contributed by atoms with Gasteiger partial charge in [0.2, 0.25) is 0 Å². The van der Waals surface area contributed by atoms with Crippen molar-refractivity contribution in [2.24, 2.45) is 11.7 Å². The molecule has 0 aliphatic carbocycles. The predicted molar refractivity (Wildman–Crippen MR) is 75.5 cm³/mol. The molecule has 0 bridgehead atoms. The van der Waals surface area contributed by atoms with E-state index in [-0.39, 0.29) is 5.91 Å². The van der Waals surface area contributed by atoms with Gasteiger partial charge >= 0.3 is 0 Å². The summed E-state index contributed by atoms with van der Waals surface area (Å²) in [6, 6.07) is 0. The summed E-state index contributed by atoms with van der Waals surface area (Å²) in [6.45, 7) is 7.22. The second-order valence-electron chi connectivity index (χ2n) is 4.77. The number of nitrogens with two attached hydrogens (primary N) is 1. The maximum absolute atomic E-state index is 12.4. The normalized spacial score (nSPS) is 10.7. The minimum Gasteiger partial charge on any atom is -0.393 e. The number of hydrogen-bond acceptors (Lipinski definition) is 3. The lowest BCUT2D eigenvalue weighted by molar-refractivity contribution is 0.0740. The number of aryl methyl sites for hydroxylation is 1. The Bertz CT molecular complexity index is 427. The Morgan fingerprint density at radius 3 is 2.72 bits per heavy atom. The lowest BCUT2D eigenvalue weighted by Crippen LogP contribution is -2.36. The number of H-pyrrole nitrogens is 1. The van der Waals surface area contributed by atoms with Crippen LogP contribution in [0.5, 0.6) is 0 Å². The monoisotopic (exact) mass is 268 g/mol. The van der Waals surface area contributed by atoms with E-state index < -0.39 is 0 Å². The number of hydrogen-bond donors (Lipinski definition) is 2. The van der Waals surface area contributed by atoms with Crippen molar-refractivity contribution in [3.05, 3.63) is 17.5 Å². The Morgan fingerprint density at radius 2 is 2.28 bits per heavy atom. The summed E-state index contributed by atoms with van der Waals surface area (Å²) >= 11 is 4.86. The van der Waals surface area contributed by atoms with Gasteiger partial charge in [0.15, 0.2) is 0 Å². The fraction of sp³-hybridized carbons (Fsp3) is 0.583. The van der Waals surface area contributed by atoms with Gasteiger partial charge < -0.3 is 10.6 Å². The van der Waals surface area contributed by atoms with Gasteiger partial charge in [0, 0.05) is 25.2 Å². The van der Waals surface area contributed by atoms with Crippen LogP contribution < -0.4 is 5.73 Å². The second-order valence-corrected chi connectivity index (χ2v) is 5.29. The van der Waals surface area contributed by atoms with Crippen LogP contribution in [0.4, 0.5) is 0 Å². The molecule has 1 rings (SSSR count). The van der Waals surface area contributed by atoms with E-state index in [1.165, 1.54) is 0 Å². The molecular formula is C12H20N4OS. The number of thiocarbonyl (C=S) groups is 1. The summed E-state index contributed by atoms with van der Waals surface area (Å²) in [5.41, 5.74) is 6.89.